The zero-order valence-corrected chi connectivity index (χ0v) is 52.5. The van der Waals surface area contributed by atoms with E-state index in [1.54, 1.807) is 24.3 Å². The zero-order valence-electron chi connectivity index (χ0n) is 50.9. The Bertz CT molecular complexity index is 3020. The average molecular weight is 1330 g/mol. The van der Waals surface area contributed by atoms with Gasteiger partial charge < -0.3 is 102 Å². The average Bonchev–Trinajstić information content (AvgIpc) is 1.69. The first-order valence-corrected chi connectivity index (χ1v) is 32.6. The Labute approximate surface area is 537 Å². The standard InChI is InChI=1S/C56H85N19O15S2/c1-28-46(82)71-36(22-31-20-29-10-5-6-12-32(29)66-31)50(86)69-35(15-8-18-64-56(61)62)48(84)68-33(45(58)81)13-3-2-4-14-34-49(85)73-38(25-76)51(87)72-37(23-44(79)80)54(90)75-19-9-16-41(75)42(77)21-30(11-7-17-63-55(59)60)47(83)74-40(52(88)65-28)27-92-91-26-39(53(89)70-34)67-43(78)24-57/h5-6,10,12,20,28,30,33-41,66,76H,2-4,7-9,11,13-19,21-27,57H2,1H3,(H2,58,81)(H,65,88)(H,67,78)(H,68,84)(H,69,86)(H,70,89)(H,71,82)(H,72,87)(H,73,85)(H,74,83)(H,79,80)(H4,59,60,63)(H4,61,62,64)/t28-,30+,33-,34-,35-,36-,37-,38-,39-,40-,41?/m0/s1. The molecule has 3 aliphatic heterocycles. The van der Waals surface area contributed by atoms with Gasteiger partial charge >= 0.3 is 5.97 Å². The van der Waals surface area contributed by atoms with Crippen LogP contribution in [0.2, 0.25) is 0 Å². The molecule has 3 aliphatic rings. The van der Waals surface area contributed by atoms with Gasteiger partial charge in [-0.15, -0.1) is 0 Å². The fourth-order valence-electron chi connectivity index (χ4n) is 10.4. The van der Waals surface area contributed by atoms with E-state index in [0.717, 1.165) is 31.9 Å². The highest BCUT2D eigenvalue weighted by Gasteiger charge is 2.42. The number of hydrogen-bond donors (Lipinski definition) is 18. The Kier molecular flexibility index (Phi) is 29.7. The number of aliphatic hydroxyl groups is 1. The summed E-state index contributed by atoms with van der Waals surface area (Å²) < 4.78 is 0. The van der Waals surface area contributed by atoms with Crippen LogP contribution in [0.4, 0.5) is 0 Å². The molecule has 24 N–H and O–H groups in total. The molecule has 2 bridgehead atoms. The highest BCUT2D eigenvalue weighted by molar-refractivity contribution is 8.76. The number of carboxylic acid groups (broad SMARTS) is 1. The van der Waals surface area contributed by atoms with Gasteiger partial charge in [-0.05, 0) is 75.8 Å². The summed E-state index contributed by atoms with van der Waals surface area (Å²) in [7, 11) is 1.84. The number of carbonyl (C=O) groups excluding carboxylic acids is 12. The highest BCUT2D eigenvalue weighted by atomic mass is 33.1. The number of ketones is 1. The Morgan fingerprint density at radius 3 is 1.92 bits per heavy atom. The molecule has 0 spiro atoms. The first kappa shape index (κ1) is 74.0. The van der Waals surface area contributed by atoms with E-state index in [1.807, 2.05) is 6.07 Å². The number of guanidine groups is 2. The van der Waals surface area contributed by atoms with Crippen LogP contribution in [0.15, 0.2) is 40.3 Å². The van der Waals surface area contributed by atoms with Gasteiger partial charge in [0.05, 0.1) is 25.6 Å². The van der Waals surface area contributed by atoms with Crippen molar-refractivity contribution in [2.24, 2.45) is 50.3 Å². The van der Waals surface area contributed by atoms with Gasteiger partial charge in [0.1, 0.15) is 54.4 Å². The third-order valence-corrected chi connectivity index (χ3v) is 17.7. The van der Waals surface area contributed by atoms with Gasteiger partial charge in [-0.3, -0.25) is 72.3 Å². The summed E-state index contributed by atoms with van der Waals surface area (Å²) in [5.74, 6) is -15.2. The molecule has 11 atom stereocenters. The van der Waals surface area contributed by atoms with Crippen molar-refractivity contribution in [1.29, 1.82) is 0 Å². The lowest BCUT2D eigenvalue weighted by atomic mass is 9.92. The molecule has 0 saturated carbocycles. The predicted molar refractivity (Wildman–Crippen MR) is 338 cm³/mol. The lowest BCUT2D eigenvalue weighted by molar-refractivity contribution is -0.146. The van der Waals surface area contributed by atoms with E-state index in [2.05, 4.69) is 62.8 Å². The zero-order chi connectivity index (χ0) is 67.6. The van der Waals surface area contributed by atoms with Crippen molar-refractivity contribution in [3.63, 3.8) is 0 Å². The maximum absolute atomic E-state index is 14.7. The molecule has 34 nitrogen and oxygen atoms in total. The molecule has 1 aromatic heterocycles. The second-order valence-corrected chi connectivity index (χ2v) is 25.0. The molecule has 0 radical (unpaired) electrons. The molecule has 1 unspecified atom stereocenters. The summed E-state index contributed by atoms with van der Waals surface area (Å²) >= 11 is 0. The number of rotatable bonds is 16. The summed E-state index contributed by atoms with van der Waals surface area (Å²) in [5.41, 5.74) is 34.9. The summed E-state index contributed by atoms with van der Waals surface area (Å²) in [5, 5.41) is 44.1. The molecule has 2 aromatic rings. The number of benzene rings is 1. The second kappa shape index (κ2) is 36.9. The molecule has 36 heteroatoms. The number of primary amides is 1. The van der Waals surface area contributed by atoms with E-state index in [-0.39, 0.29) is 120 Å². The highest BCUT2D eigenvalue weighted by Crippen LogP contribution is 2.27. The Morgan fingerprint density at radius 2 is 1.26 bits per heavy atom. The summed E-state index contributed by atoms with van der Waals surface area (Å²) in [6.07, 6.45) is -1.40. The number of fused-ring (bicyclic) bond motifs is 10. The van der Waals surface area contributed by atoms with Gasteiger partial charge in [0.25, 0.3) is 0 Å². The molecule has 5 rings (SSSR count). The number of aromatic nitrogens is 1. The third kappa shape index (κ3) is 23.5. The number of nitrogens with zero attached hydrogens (tertiary/aromatic N) is 3. The fraction of sp³-hybridized carbons (Fsp3) is 0.589. The van der Waals surface area contributed by atoms with Crippen molar-refractivity contribution in [2.75, 3.05) is 44.3 Å². The number of aliphatic carboxylic acids is 1. The molecular formula is C56H85N19O15S2. The molecule has 92 heavy (non-hydrogen) atoms. The number of aromatic amines is 1. The van der Waals surface area contributed by atoms with E-state index < -0.39 is 169 Å². The fourth-order valence-corrected chi connectivity index (χ4v) is 12.8. The Morgan fingerprint density at radius 1 is 0.652 bits per heavy atom. The molecule has 506 valence electrons. The third-order valence-electron chi connectivity index (χ3n) is 15.3. The van der Waals surface area contributed by atoms with E-state index in [0.29, 0.717) is 11.2 Å². The number of nitrogens with one attached hydrogen (secondary N) is 10. The van der Waals surface area contributed by atoms with Crippen LogP contribution in [-0.4, -0.2) is 213 Å². The van der Waals surface area contributed by atoms with E-state index >= 15 is 0 Å². The van der Waals surface area contributed by atoms with Crippen molar-refractivity contribution in [3.05, 3.63) is 36.0 Å². The molecule has 11 amide bonds. The summed E-state index contributed by atoms with van der Waals surface area (Å²) in [4.78, 5) is 195. The van der Waals surface area contributed by atoms with Crippen molar-refractivity contribution in [3.8, 4) is 0 Å². The van der Waals surface area contributed by atoms with E-state index in [4.69, 9.17) is 34.4 Å². The minimum atomic E-state index is -1.89. The van der Waals surface area contributed by atoms with Crippen LogP contribution in [0.3, 0.4) is 0 Å². The largest absolute Gasteiger partial charge is 0.481 e. The number of nitrogens with two attached hydrogens (primary N) is 6. The maximum atomic E-state index is 14.7. The van der Waals surface area contributed by atoms with Crippen LogP contribution in [0.1, 0.15) is 96.1 Å². The van der Waals surface area contributed by atoms with Crippen LogP contribution in [-0.2, 0) is 68.7 Å². The number of Topliss-reactive ketones (excluding diaryl/α,β-unsaturated/α-hetero) is 1. The molecular weight excluding hydrogens is 1240 g/mol. The van der Waals surface area contributed by atoms with E-state index in [1.165, 1.54) is 6.92 Å². The maximum Gasteiger partial charge on any atom is 0.305 e. The summed E-state index contributed by atoms with van der Waals surface area (Å²) in [6.45, 7) is -0.521. The second-order valence-electron chi connectivity index (χ2n) is 22.4. The number of aliphatic imine (C=N–C) groups is 2. The normalized spacial score (nSPS) is 26.2. The predicted octanol–water partition coefficient (Wildman–Crippen LogP) is -5.96. The minimum Gasteiger partial charge on any atom is -0.481 e. The first-order chi connectivity index (χ1) is 43.8. The smallest absolute Gasteiger partial charge is 0.305 e. The van der Waals surface area contributed by atoms with Gasteiger partial charge in [-0.2, -0.15) is 0 Å². The van der Waals surface area contributed by atoms with Gasteiger partial charge in [0, 0.05) is 61.1 Å². The van der Waals surface area contributed by atoms with Gasteiger partial charge in [-0.25, -0.2) is 0 Å². The summed E-state index contributed by atoms with van der Waals surface area (Å²) in [6, 6.07) is -6.42. The Balaban J connectivity index is 1.64. The van der Waals surface area contributed by atoms with Crippen molar-refractivity contribution in [2.45, 2.75) is 157 Å². The minimum absolute atomic E-state index is 0.00824. The number of hydrogen-bond acceptors (Lipinski definition) is 19. The Hall–Kier alpha value is -8.77. The van der Waals surface area contributed by atoms with Gasteiger partial charge in [0.2, 0.25) is 65.0 Å². The number of carboxylic acids is 1. The van der Waals surface area contributed by atoms with Crippen molar-refractivity contribution >= 4 is 121 Å². The number of carbonyl (C=O) groups is 13. The van der Waals surface area contributed by atoms with Gasteiger partial charge in [-0.1, -0.05) is 59.0 Å². The topological polar surface area (TPSA) is 571 Å². The van der Waals surface area contributed by atoms with Crippen LogP contribution < -0.4 is 82.3 Å². The van der Waals surface area contributed by atoms with Crippen molar-refractivity contribution in [1.82, 2.24) is 57.7 Å². The molecule has 4 heterocycles. The number of aliphatic hydroxyl groups excluding tert-OH is 1. The molecule has 0 aliphatic carbocycles. The van der Waals surface area contributed by atoms with Crippen LogP contribution in [0.5, 0.6) is 0 Å². The lowest BCUT2D eigenvalue weighted by Gasteiger charge is -2.30. The SMILES string of the molecule is C[C@@H]1NC(=O)[C@@H]2CSSC[C@H](NC(=O)CN)C(=O)N[C@@H](CCCCC[C@@H](C(N)=O)NC(=O)[C@H](CCCN=C(N)N)NC(=O)[C@H](Cc3cc4ccccc4[nH]3)NC1=O)C(=O)N[C@@H](CO)C(=O)N[C@@H](CC(=O)O)C(=O)N1CCCC1C(=O)C[C@@H](CCCN=C(N)N)C(=O)N2. The van der Waals surface area contributed by atoms with E-state index in [9.17, 15) is 72.5 Å². The van der Waals surface area contributed by atoms with Crippen molar-refractivity contribution < 1.29 is 72.5 Å². The van der Waals surface area contributed by atoms with Crippen LogP contribution in [0, 0.1) is 5.92 Å². The number of amides is 11. The molecule has 3 fully saturated rings. The quantitative estimate of drug-likeness (QED) is 0.0322. The lowest BCUT2D eigenvalue weighted by Crippen LogP contribution is -2.60. The van der Waals surface area contributed by atoms with Crippen LogP contribution >= 0.6 is 21.6 Å². The van der Waals surface area contributed by atoms with Gasteiger partial charge in [0.15, 0.2) is 17.7 Å². The molecule has 3 saturated heterocycles. The van der Waals surface area contributed by atoms with Crippen LogP contribution in [0.25, 0.3) is 10.9 Å². The monoisotopic (exact) mass is 1330 g/mol. The number of H-pyrrole nitrogens is 1. The molecule has 1 aromatic carbocycles. The number of para-hydroxylation sites is 1. The first-order valence-electron chi connectivity index (χ1n) is 30.1.